The number of hydrogen-bond donors (Lipinski definition) is 2. The van der Waals surface area contributed by atoms with E-state index < -0.39 is 0 Å². The Morgan fingerprint density at radius 3 is 2.19 bits per heavy atom. The van der Waals surface area contributed by atoms with Crippen molar-refractivity contribution in [3.8, 4) is 0 Å². The smallest absolute Gasteiger partial charge is 0.274 e. The molecule has 138 valence electrons. The van der Waals surface area contributed by atoms with Crippen LogP contribution in [0.25, 0.3) is 0 Å². The number of nitrogens with zero attached hydrogens (tertiary/aromatic N) is 2. The molecule has 0 spiro atoms. The first-order chi connectivity index (χ1) is 12.8. The van der Waals surface area contributed by atoms with Gasteiger partial charge >= 0.3 is 0 Å². The molecule has 0 atom stereocenters. The fraction of sp³-hybridized carbons (Fsp3) is 0.227. The number of anilines is 3. The van der Waals surface area contributed by atoms with E-state index in [0.29, 0.717) is 11.6 Å². The van der Waals surface area contributed by atoms with Crippen LogP contribution in [0.2, 0.25) is 0 Å². The third-order valence-corrected chi connectivity index (χ3v) is 4.66. The van der Waals surface area contributed by atoms with Gasteiger partial charge in [-0.3, -0.25) is 4.79 Å². The van der Waals surface area contributed by atoms with Crippen LogP contribution in [0.1, 0.15) is 38.4 Å². The molecule has 2 N–H and O–H groups in total. The first-order valence-electron chi connectivity index (χ1n) is 8.91. The molecule has 27 heavy (non-hydrogen) atoms. The van der Waals surface area contributed by atoms with Crippen LogP contribution in [-0.4, -0.2) is 15.9 Å². The van der Waals surface area contributed by atoms with Gasteiger partial charge in [0, 0.05) is 17.1 Å². The van der Waals surface area contributed by atoms with Crippen molar-refractivity contribution in [2.45, 2.75) is 34.6 Å². The number of nitrogens with one attached hydrogen (secondary N) is 2. The Kier molecular flexibility index (Phi) is 5.21. The zero-order valence-corrected chi connectivity index (χ0v) is 16.3. The molecule has 3 rings (SSSR count). The van der Waals surface area contributed by atoms with Crippen molar-refractivity contribution in [2.24, 2.45) is 0 Å². The largest absolute Gasteiger partial charge is 0.324 e. The standard InChI is InChI=1S/C22H24N4O/c1-13-8-7-11-18(17(13)5)24-21(27)19-12-16(4)23-22(25-19)26-20-14(2)9-6-10-15(20)3/h6-12H,1-5H3,(H,24,27)(H,23,25,26). The van der Waals surface area contributed by atoms with E-state index in [0.717, 1.165) is 39.3 Å². The van der Waals surface area contributed by atoms with Gasteiger partial charge in [0.05, 0.1) is 0 Å². The van der Waals surface area contributed by atoms with Gasteiger partial charge in [0.2, 0.25) is 5.95 Å². The summed E-state index contributed by atoms with van der Waals surface area (Å²) in [4.78, 5) is 21.6. The molecule has 1 heterocycles. The van der Waals surface area contributed by atoms with Crippen LogP contribution in [0.5, 0.6) is 0 Å². The minimum atomic E-state index is -0.251. The van der Waals surface area contributed by atoms with Crippen molar-refractivity contribution in [3.05, 3.63) is 76.1 Å². The summed E-state index contributed by atoms with van der Waals surface area (Å²) >= 11 is 0. The Hall–Kier alpha value is -3.21. The number of aromatic nitrogens is 2. The molecule has 0 radical (unpaired) electrons. The highest BCUT2D eigenvalue weighted by Gasteiger charge is 2.13. The molecule has 1 amide bonds. The second kappa shape index (κ2) is 7.58. The highest BCUT2D eigenvalue weighted by Crippen LogP contribution is 2.23. The number of hydrogen-bond acceptors (Lipinski definition) is 4. The Balaban J connectivity index is 1.89. The average Bonchev–Trinajstić information content (AvgIpc) is 2.62. The van der Waals surface area contributed by atoms with Crippen LogP contribution in [0.4, 0.5) is 17.3 Å². The van der Waals surface area contributed by atoms with Crippen LogP contribution < -0.4 is 10.6 Å². The van der Waals surface area contributed by atoms with E-state index in [1.165, 1.54) is 0 Å². The van der Waals surface area contributed by atoms with Crippen molar-refractivity contribution >= 4 is 23.2 Å². The minimum Gasteiger partial charge on any atom is -0.324 e. The minimum absolute atomic E-state index is 0.251. The summed E-state index contributed by atoms with van der Waals surface area (Å²) in [5, 5.41) is 6.21. The van der Waals surface area contributed by atoms with Crippen molar-refractivity contribution in [3.63, 3.8) is 0 Å². The molecule has 0 aliphatic rings. The van der Waals surface area contributed by atoms with E-state index in [1.54, 1.807) is 6.07 Å². The fourth-order valence-electron chi connectivity index (χ4n) is 2.94. The summed E-state index contributed by atoms with van der Waals surface area (Å²) in [5.74, 6) is 0.164. The van der Waals surface area contributed by atoms with Gasteiger partial charge in [0.15, 0.2) is 0 Å². The van der Waals surface area contributed by atoms with Gasteiger partial charge < -0.3 is 10.6 Å². The Morgan fingerprint density at radius 1 is 0.852 bits per heavy atom. The molecule has 0 saturated carbocycles. The molecule has 0 fully saturated rings. The maximum atomic E-state index is 12.7. The van der Waals surface area contributed by atoms with Gasteiger partial charge in [0.1, 0.15) is 5.69 Å². The van der Waals surface area contributed by atoms with Crippen molar-refractivity contribution in [1.82, 2.24) is 9.97 Å². The van der Waals surface area contributed by atoms with Gasteiger partial charge in [-0.25, -0.2) is 9.97 Å². The molecule has 5 heteroatoms. The molecule has 2 aromatic carbocycles. The number of benzene rings is 2. The third kappa shape index (κ3) is 4.14. The highest BCUT2D eigenvalue weighted by molar-refractivity contribution is 6.03. The van der Waals surface area contributed by atoms with Gasteiger partial charge in [0.25, 0.3) is 5.91 Å². The summed E-state index contributed by atoms with van der Waals surface area (Å²) in [6, 6.07) is 13.6. The lowest BCUT2D eigenvalue weighted by molar-refractivity contribution is 0.102. The highest BCUT2D eigenvalue weighted by atomic mass is 16.1. The van der Waals surface area contributed by atoms with E-state index in [4.69, 9.17) is 0 Å². The average molecular weight is 360 g/mol. The second-order valence-corrected chi connectivity index (χ2v) is 6.81. The molecule has 0 aliphatic carbocycles. The summed E-state index contributed by atoms with van der Waals surface area (Å²) in [5.41, 5.74) is 7.18. The lowest BCUT2D eigenvalue weighted by Crippen LogP contribution is -2.16. The Bertz CT molecular complexity index is 991. The summed E-state index contributed by atoms with van der Waals surface area (Å²) in [6.07, 6.45) is 0. The summed E-state index contributed by atoms with van der Waals surface area (Å²) < 4.78 is 0. The lowest BCUT2D eigenvalue weighted by atomic mass is 10.1. The lowest BCUT2D eigenvalue weighted by Gasteiger charge is -2.13. The molecule has 5 nitrogen and oxygen atoms in total. The molecule has 0 saturated heterocycles. The van der Waals surface area contributed by atoms with Gasteiger partial charge in [-0.15, -0.1) is 0 Å². The molecule has 3 aromatic rings. The first-order valence-corrected chi connectivity index (χ1v) is 8.91. The van der Waals surface area contributed by atoms with Crippen molar-refractivity contribution in [2.75, 3.05) is 10.6 Å². The number of rotatable bonds is 4. The van der Waals surface area contributed by atoms with E-state index >= 15 is 0 Å². The van der Waals surface area contributed by atoms with Crippen LogP contribution in [0.3, 0.4) is 0 Å². The van der Waals surface area contributed by atoms with E-state index in [2.05, 4.69) is 20.6 Å². The van der Waals surface area contributed by atoms with Crippen LogP contribution in [0, 0.1) is 34.6 Å². The van der Waals surface area contributed by atoms with Crippen LogP contribution >= 0.6 is 0 Å². The fourth-order valence-corrected chi connectivity index (χ4v) is 2.94. The maximum absolute atomic E-state index is 12.7. The number of para-hydroxylation sites is 1. The number of carbonyl (C=O) groups excluding carboxylic acids is 1. The van der Waals surface area contributed by atoms with Crippen molar-refractivity contribution < 1.29 is 4.79 Å². The molecular weight excluding hydrogens is 336 g/mol. The maximum Gasteiger partial charge on any atom is 0.274 e. The van der Waals surface area contributed by atoms with Gasteiger partial charge in [-0.2, -0.15) is 0 Å². The molecule has 0 bridgehead atoms. The number of carbonyl (C=O) groups is 1. The SMILES string of the molecule is Cc1cc(C(=O)Nc2cccc(C)c2C)nc(Nc2c(C)cccc2C)n1. The second-order valence-electron chi connectivity index (χ2n) is 6.81. The predicted molar refractivity (Wildman–Crippen MR) is 110 cm³/mol. The quantitative estimate of drug-likeness (QED) is 0.686. The topological polar surface area (TPSA) is 66.9 Å². The Morgan fingerprint density at radius 2 is 1.48 bits per heavy atom. The molecule has 0 unspecified atom stereocenters. The summed E-state index contributed by atoms with van der Waals surface area (Å²) in [6.45, 7) is 9.92. The van der Waals surface area contributed by atoms with E-state index in [-0.39, 0.29) is 5.91 Å². The van der Waals surface area contributed by atoms with Gasteiger partial charge in [-0.1, -0.05) is 30.3 Å². The van der Waals surface area contributed by atoms with Crippen molar-refractivity contribution in [1.29, 1.82) is 0 Å². The van der Waals surface area contributed by atoms with E-state index in [1.807, 2.05) is 71.0 Å². The van der Waals surface area contributed by atoms with Crippen LogP contribution in [-0.2, 0) is 0 Å². The molecule has 0 aliphatic heterocycles. The number of amides is 1. The first kappa shape index (κ1) is 18.6. The van der Waals surface area contributed by atoms with Crippen LogP contribution in [0.15, 0.2) is 42.5 Å². The predicted octanol–water partition coefficient (Wildman–Crippen LogP) is 5.01. The normalized spacial score (nSPS) is 10.6. The monoisotopic (exact) mass is 360 g/mol. The number of aryl methyl sites for hydroxylation is 4. The zero-order valence-electron chi connectivity index (χ0n) is 16.3. The zero-order chi connectivity index (χ0) is 19.6. The Labute approximate surface area is 159 Å². The van der Waals surface area contributed by atoms with E-state index in [9.17, 15) is 4.79 Å². The third-order valence-electron chi connectivity index (χ3n) is 4.66. The van der Waals surface area contributed by atoms with Gasteiger partial charge in [-0.05, 0) is 69.0 Å². The molecule has 1 aromatic heterocycles. The summed E-state index contributed by atoms with van der Waals surface area (Å²) in [7, 11) is 0. The molecular formula is C22H24N4O.